The number of carbonyl (C=O) groups excluding carboxylic acids is 1. The van der Waals surface area contributed by atoms with Crippen molar-refractivity contribution in [3.05, 3.63) is 0 Å². The normalized spacial score (nSPS) is 26.6. The van der Waals surface area contributed by atoms with Crippen LogP contribution in [-0.4, -0.2) is 42.4 Å². The van der Waals surface area contributed by atoms with Crippen LogP contribution in [0.1, 0.15) is 59.3 Å². The Morgan fingerprint density at radius 3 is 2.40 bits per heavy atom. The Labute approximate surface area is 122 Å². The fourth-order valence-electron chi connectivity index (χ4n) is 3.61. The molecule has 0 aromatic carbocycles. The van der Waals surface area contributed by atoms with Gasteiger partial charge in [0.1, 0.15) is 5.60 Å². The van der Waals surface area contributed by atoms with Crippen LogP contribution >= 0.6 is 0 Å². The SMILES string of the molecule is COC1(C2CCN(C(=O)OC(C)(C)C)C2)CCCCC1. The number of hydrogen-bond acceptors (Lipinski definition) is 3. The van der Waals surface area contributed by atoms with Gasteiger partial charge in [-0.25, -0.2) is 4.79 Å². The Kier molecular flexibility index (Phi) is 4.62. The largest absolute Gasteiger partial charge is 0.444 e. The van der Waals surface area contributed by atoms with Crippen molar-refractivity contribution in [2.24, 2.45) is 5.92 Å². The molecule has 0 N–H and O–H groups in total. The zero-order chi connectivity index (χ0) is 14.8. The lowest BCUT2D eigenvalue weighted by Gasteiger charge is -2.41. The minimum atomic E-state index is -0.418. The van der Waals surface area contributed by atoms with E-state index in [1.54, 1.807) is 0 Å². The van der Waals surface area contributed by atoms with Gasteiger partial charge in [0.2, 0.25) is 0 Å². The summed E-state index contributed by atoms with van der Waals surface area (Å²) in [5, 5.41) is 0. The highest BCUT2D eigenvalue weighted by Gasteiger charge is 2.44. The van der Waals surface area contributed by atoms with E-state index in [-0.39, 0.29) is 11.7 Å². The maximum Gasteiger partial charge on any atom is 0.410 e. The van der Waals surface area contributed by atoms with E-state index in [0.717, 1.165) is 32.4 Å². The fraction of sp³-hybridized carbons (Fsp3) is 0.938. The van der Waals surface area contributed by atoms with Crippen LogP contribution in [0.15, 0.2) is 0 Å². The van der Waals surface area contributed by atoms with E-state index in [0.29, 0.717) is 5.92 Å². The summed E-state index contributed by atoms with van der Waals surface area (Å²) >= 11 is 0. The molecule has 116 valence electrons. The summed E-state index contributed by atoms with van der Waals surface area (Å²) in [5.41, 5.74) is -0.423. The van der Waals surface area contributed by atoms with E-state index < -0.39 is 5.60 Å². The number of likely N-dealkylation sites (tertiary alicyclic amines) is 1. The predicted molar refractivity (Wildman–Crippen MR) is 78.7 cm³/mol. The molecule has 0 radical (unpaired) electrons. The standard InChI is InChI=1S/C16H29NO3/c1-15(2,3)20-14(18)17-11-8-13(12-17)16(19-4)9-6-5-7-10-16/h13H,5-12H2,1-4H3. The van der Waals surface area contributed by atoms with Crippen molar-refractivity contribution in [1.82, 2.24) is 4.90 Å². The summed E-state index contributed by atoms with van der Waals surface area (Å²) in [5.74, 6) is 0.459. The molecule has 0 bridgehead atoms. The molecule has 1 amide bonds. The molecule has 2 fully saturated rings. The third kappa shape index (κ3) is 3.46. The summed E-state index contributed by atoms with van der Waals surface area (Å²) in [4.78, 5) is 14.0. The van der Waals surface area contributed by atoms with Gasteiger partial charge in [0.05, 0.1) is 5.60 Å². The van der Waals surface area contributed by atoms with Crippen LogP contribution in [0.4, 0.5) is 4.79 Å². The molecule has 1 saturated carbocycles. The minimum absolute atomic E-state index is 0.00495. The average molecular weight is 283 g/mol. The first-order valence-corrected chi connectivity index (χ1v) is 7.89. The molecular formula is C16H29NO3. The first-order chi connectivity index (χ1) is 9.36. The molecule has 0 aromatic rings. The number of ether oxygens (including phenoxy) is 2. The van der Waals surface area contributed by atoms with Gasteiger partial charge >= 0.3 is 6.09 Å². The minimum Gasteiger partial charge on any atom is -0.444 e. The molecule has 1 atom stereocenters. The van der Waals surface area contributed by atoms with E-state index in [2.05, 4.69) is 0 Å². The van der Waals surface area contributed by atoms with Gasteiger partial charge in [-0.1, -0.05) is 19.3 Å². The zero-order valence-corrected chi connectivity index (χ0v) is 13.4. The number of carbonyl (C=O) groups is 1. The molecule has 1 heterocycles. The Morgan fingerprint density at radius 1 is 1.20 bits per heavy atom. The average Bonchev–Trinajstić information content (AvgIpc) is 2.88. The molecule has 4 nitrogen and oxygen atoms in total. The lowest BCUT2D eigenvalue weighted by atomic mass is 9.75. The fourth-order valence-corrected chi connectivity index (χ4v) is 3.61. The lowest BCUT2D eigenvalue weighted by molar-refractivity contribution is -0.0809. The summed E-state index contributed by atoms with van der Waals surface area (Å²) in [6.45, 7) is 7.32. The highest BCUT2D eigenvalue weighted by molar-refractivity contribution is 5.68. The molecule has 1 unspecified atom stereocenters. The zero-order valence-electron chi connectivity index (χ0n) is 13.4. The van der Waals surface area contributed by atoms with Gasteiger partial charge < -0.3 is 14.4 Å². The topological polar surface area (TPSA) is 38.8 Å². The second-order valence-electron chi connectivity index (χ2n) is 7.24. The summed E-state index contributed by atoms with van der Waals surface area (Å²) in [7, 11) is 1.83. The summed E-state index contributed by atoms with van der Waals surface area (Å²) in [6, 6.07) is 0. The Balaban J connectivity index is 1.95. The maximum atomic E-state index is 12.1. The predicted octanol–water partition coefficient (Wildman–Crippen LogP) is 3.59. The number of rotatable bonds is 2. The van der Waals surface area contributed by atoms with Crippen molar-refractivity contribution >= 4 is 6.09 Å². The third-order valence-corrected chi connectivity index (χ3v) is 4.69. The highest BCUT2D eigenvalue weighted by Crippen LogP contribution is 2.41. The van der Waals surface area contributed by atoms with Crippen molar-refractivity contribution in [2.75, 3.05) is 20.2 Å². The molecule has 0 aromatic heterocycles. The molecular weight excluding hydrogens is 254 g/mol. The van der Waals surface area contributed by atoms with Crippen molar-refractivity contribution in [3.8, 4) is 0 Å². The molecule has 1 aliphatic carbocycles. The molecule has 4 heteroatoms. The molecule has 1 aliphatic heterocycles. The van der Waals surface area contributed by atoms with Gasteiger partial charge in [-0.2, -0.15) is 0 Å². The first-order valence-electron chi connectivity index (χ1n) is 7.89. The van der Waals surface area contributed by atoms with Crippen molar-refractivity contribution in [3.63, 3.8) is 0 Å². The first kappa shape index (κ1) is 15.6. The summed E-state index contributed by atoms with van der Waals surface area (Å²) in [6.07, 6.45) is 6.93. The van der Waals surface area contributed by atoms with Crippen LogP contribution in [-0.2, 0) is 9.47 Å². The van der Waals surface area contributed by atoms with E-state index >= 15 is 0 Å². The molecule has 20 heavy (non-hydrogen) atoms. The van der Waals surface area contributed by atoms with Crippen LogP contribution in [0.25, 0.3) is 0 Å². The molecule has 2 aliphatic rings. The quantitative estimate of drug-likeness (QED) is 0.777. The van der Waals surface area contributed by atoms with E-state index in [9.17, 15) is 4.79 Å². The van der Waals surface area contributed by atoms with Gasteiger partial charge in [-0.15, -0.1) is 0 Å². The van der Waals surface area contributed by atoms with E-state index in [1.165, 1.54) is 19.3 Å². The molecule has 2 rings (SSSR count). The van der Waals surface area contributed by atoms with Gasteiger partial charge in [0.15, 0.2) is 0 Å². The van der Waals surface area contributed by atoms with Crippen LogP contribution < -0.4 is 0 Å². The van der Waals surface area contributed by atoms with Gasteiger partial charge in [0, 0.05) is 26.1 Å². The van der Waals surface area contributed by atoms with Crippen molar-refractivity contribution in [1.29, 1.82) is 0 Å². The second kappa shape index (κ2) is 5.92. The van der Waals surface area contributed by atoms with Crippen LogP contribution in [0.3, 0.4) is 0 Å². The second-order valence-corrected chi connectivity index (χ2v) is 7.24. The monoisotopic (exact) mass is 283 g/mol. The lowest BCUT2D eigenvalue weighted by Crippen LogP contribution is -2.44. The molecule has 0 spiro atoms. The number of methoxy groups -OCH3 is 1. The Bertz CT molecular complexity index is 342. The van der Waals surface area contributed by atoms with E-state index in [1.807, 2.05) is 32.8 Å². The Hall–Kier alpha value is -0.770. The van der Waals surface area contributed by atoms with E-state index in [4.69, 9.17) is 9.47 Å². The van der Waals surface area contributed by atoms with Crippen LogP contribution in [0.2, 0.25) is 0 Å². The Morgan fingerprint density at radius 2 is 1.85 bits per heavy atom. The molecule has 1 saturated heterocycles. The van der Waals surface area contributed by atoms with Gasteiger partial charge in [-0.05, 0) is 40.0 Å². The smallest absolute Gasteiger partial charge is 0.410 e. The number of nitrogens with zero attached hydrogens (tertiary/aromatic N) is 1. The van der Waals surface area contributed by atoms with Crippen molar-refractivity contribution < 1.29 is 14.3 Å². The third-order valence-electron chi connectivity index (χ3n) is 4.69. The van der Waals surface area contributed by atoms with Crippen LogP contribution in [0.5, 0.6) is 0 Å². The summed E-state index contributed by atoms with van der Waals surface area (Å²) < 4.78 is 11.4. The number of amides is 1. The highest BCUT2D eigenvalue weighted by atomic mass is 16.6. The van der Waals surface area contributed by atoms with Crippen molar-refractivity contribution in [2.45, 2.75) is 70.5 Å². The maximum absolute atomic E-state index is 12.1. The number of hydrogen-bond donors (Lipinski definition) is 0. The van der Waals surface area contributed by atoms with Gasteiger partial charge in [-0.3, -0.25) is 0 Å². The van der Waals surface area contributed by atoms with Crippen LogP contribution in [0, 0.1) is 5.92 Å². The van der Waals surface area contributed by atoms with Gasteiger partial charge in [0.25, 0.3) is 0 Å².